The highest BCUT2D eigenvalue weighted by atomic mass is 35.5. The second-order valence-electron chi connectivity index (χ2n) is 6.40. The summed E-state index contributed by atoms with van der Waals surface area (Å²) in [4.78, 5) is 35.7. The molecule has 1 aromatic heterocycles. The number of amides is 2. The molecular weight excluding hydrogens is 399 g/mol. The summed E-state index contributed by atoms with van der Waals surface area (Å²) in [5.41, 5.74) is -1.10. The van der Waals surface area contributed by atoms with E-state index in [0.29, 0.717) is 28.2 Å². The third kappa shape index (κ3) is 4.92. The fraction of sp³-hybridized carbons (Fsp3) is 0.278. The van der Waals surface area contributed by atoms with Gasteiger partial charge in [-0.15, -0.1) is 0 Å². The maximum atomic E-state index is 12.8. The molecule has 0 aliphatic heterocycles. The van der Waals surface area contributed by atoms with Crippen molar-refractivity contribution in [3.63, 3.8) is 0 Å². The summed E-state index contributed by atoms with van der Waals surface area (Å²) in [5, 5.41) is 4.59. The highest BCUT2D eigenvalue weighted by Crippen LogP contribution is 2.30. The van der Waals surface area contributed by atoms with Gasteiger partial charge in [0.25, 0.3) is 5.56 Å². The van der Waals surface area contributed by atoms with Crippen molar-refractivity contribution in [2.45, 2.75) is 25.6 Å². The third-order valence-electron chi connectivity index (χ3n) is 4.07. The number of hydrogen-bond donors (Lipinski definition) is 2. The third-order valence-corrected chi connectivity index (χ3v) is 4.34. The van der Waals surface area contributed by atoms with Gasteiger partial charge in [0.05, 0.1) is 5.56 Å². The van der Waals surface area contributed by atoms with E-state index in [9.17, 15) is 27.6 Å². The average Bonchev–Trinajstić information content (AvgIpc) is 3.44. The highest BCUT2D eigenvalue weighted by molar-refractivity contribution is 6.30. The van der Waals surface area contributed by atoms with E-state index >= 15 is 0 Å². The van der Waals surface area contributed by atoms with Crippen LogP contribution in [0.1, 0.15) is 18.4 Å². The SMILES string of the molecule is O=C(Cn1cc(C(F)(F)F)cc(Cl)c1=O)Nc1ccc(NC(=O)C2CC2)cc1. The van der Waals surface area contributed by atoms with Crippen LogP contribution in [-0.2, 0) is 22.3 Å². The molecule has 1 aliphatic rings. The maximum Gasteiger partial charge on any atom is 0.417 e. The lowest BCUT2D eigenvalue weighted by Crippen LogP contribution is -2.29. The lowest BCUT2D eigenvalue weighted by Gasteiger charge is -2.12. The number of aromatic nitrogens is 1. The molecule has 1 heterocycles. The van der Waals surface area contributed by atoms with Crippen LogP contribution in [0, 0.1) is 5.92 Å². The van der Waals surface area contributed by atoms with Crippen LogP contribution in [0.2, 0.25) is 5.02 Å². The number of hydrogen-bond acceptors (Lipinski definition) is 3. The lowest BCUT2D eigenvalue weighted by atomic mass is 10.2. The van der Waals surface area contributed by atoms with Crippen molar-refractivity contribution in [1.29, 1.82) is 0 Å². The molecule has 1 aromatic carbocycles. The second kappa shape index (κ2) is 7.67. The van der Waals surface area contributed by atoms with E-state index < -0.39 is 34.8 Å². The first-order chi connectivity index (χ1) is 13.1. The lowest BCUT2D eigenvalue weighted by molar-refractivity contribution is -0.138. The topological polar surface area (TPSA) is 80.2 Å². The Morgan fingerprint density at radius 3 is 2.21 bits per heavy atom. The van der Waals surface area contributed by atoms with Crippen molar-refractivity contribution in [1.82, 2.24) is 4.57 Å². The van der Waals surface area contributed by atoms with Gasteiger partial charge in [-0.2, -0.15) is 13.2 Å². The Morgan fingerprint density at radius 2 is 1.68 bits per heavy atom. The van der Waals surface area contributed by atoms with Crippen molar-refractivity contribution in [3.05, 3.63) is 57.5 Å². The molecule has 2 N–H and O–H groups in total. The van der Waals surface area contributed by atoms with Gasteiger partial charge in [-0.05, 0) is 43.2 Å². The molecule has 0 bridgehead atoms. The quantitative estimate of drug-likeness (QED) is 0.787. The molecule has 2 aromatic rings. The molecule has 6 nitrogen and oxygen atoms in total. The predicted octanol–water partition coefficient (Wildman–Crippen LogP) is 3.51. The summed E-state index contributed by atoms with van der Waals surface area (Å²) >= 11 is 5.55. The van der Waals surface area contributed by atoms with E-state index in [1.807, 2.05) is 0 Å². The summed E-state index contributed by atoms with van der Waals surface area (Å²) in [6.45, 7) is -0.636. The molecule has 0 saturated heterocycles. The van der Waals surface area contributed by atoms with Gasteiger partial charge in [-0.1, -0.05) is 11.6 Å². The predicted molar refractivity (Wildman–Crippen MR) is 97.1 cm³/mol. The number of anilines is 2. The number of pyridine rings is 1. The van der Waals surface area contributed by atoms with Gasteiger partial charge in [0.2, 0.25) is 11.8 Å². The van der Waals surface area contributed by atoms with Gasteiger partial charge in [-0.3, -0.25) is 14.4 Å². The molecular formula is C18H15ClF3N3O3. The van der Waals surface area contributed by atoms with Crippen molar-refractivity contribution in [2.75, 3.05) is 10.6 Å². The van der Waals surface area contributed by atoms with Crippen LogP contribution in [0.4, 0.5) is 24.5 Å². The molecule has 0 unspecified atom stereocenters. The molecule has 148 valence electrons. The van der Waals surface area contributed by atoms with Crippen molar-refractivity contribution in [2.24, 2.45) is 5.92 Å². The van der Waals surface area contributed by atoms with Crippen LogP contribution < -0.4 is 16.2 Å². The van der Waals surface area contributed by atoms with Crippen LogP contribution in [-0.4, -0.2) is 16.4 Å². The van der Waals surface area contributed by atoms with Gasteiger partial charge in [-0.25, -0.2) is 0 Å². The number of nitrogens with zero attached hydrogens (tertiary/aromatic N) is 1. The fourth-order valence-electron chi connectivity index (χ4n) is 2.45. The average molecular weight is 414 g/mol. The van der Waals surface area contributed by atoms with Crippen molar-refractivity contribution >= 4 is 34.8 Å². The largest absolute Gasteiger partial charge is 0.417 e. The smallest absolute Gasteiger partial charge is 0.326 e. The van der Waals surface area contributed by atoms with Crippen LogP contribution >= 0.6 is 11.6 Å². The summed E-state index contributed by atoms with van der Waals surface area (Å²) in [6.07, 6.45) is -2.40. The number of halogens is 4. The van der Waals surface area contributed by atoms with Crippen LogP contribution in [0.15, 0.2) is 41.3 Å². The number of alkyl halides is 3. The minimum absolute atomic E-state index is 0.0528. The number of nitrogens with one attached hydrogen (secondary N) is 2. The van der Waals surface area contributed by atoms with E-state index in [2.05, 4.69) is 10.6 Å². The first-order valence-electron chi connectivity index (χ1n) is 8.31. The molecule has 10 heteroatoms. The van der Waals surface area contributed by atoms with Crippen LogP contribution in [0.25, 0.3) is 0 Å². The molecule has 3 rings (SSSR count). The number of carbonyl (C=O) groups is 2. The zero-order chi connectivity index (χ0) is 20.5. The normalized spacial score (nSPS) is 13.9. The van der Waals surface area contributed by atoms with Crippen molar-refractivity contribution < 1.29 is 22.8 Å². The zero-order valence-electron chi connectivity index (χ0n) is 14.3. The second-order valence-corrected chi connectivity index (χ2v) is 6.80. The first-order valence-corrected chi connectivity index (χ1v) is 8.69. The van der Waals surface area contributed by atoms with Crippen LogP contribution in [0.3, 0.4) is 0 Å². The Labute approximate surface area is 162 Å². The standard InChI is InChI=1S/C18H15ClF3N3O3/c19-14-7-11(18(20,21)22)8-25(17(14)28)9-15(26)23-12-3-5-13(6-4-12)24-16(27)10-1-2-10/h3-8,10H,1-2,9H2,(H,23,26)(H,24,27). The number of benzene rings is 1. The molecule has 2 amide bonds. The van der Waals surface area contributed by atoms with Crippen molar-refractivity contribution in [3.8, 4) is 0 Å². The summed E-state index contributed by atoms with van der Waals surface area (Å²) in [6, 6.07) is 6.75. The van der Waals surface area contributed by atoms with Crippen LogP contribution in [0.5, 0.6) is 0 Å². The molecule has 1 saturated carbocycles. The van der Waals surface area contributed by atoms with Gasteiger partial charge in [0.15, 0.2) is 0 Å². The Morgan fingerprint density at radius 1 is 1.11 bits per heavy atom. The molecule has 28 heavy (non-hydrogen) atoms. The number of rotatable bonds is 5. The summed E-state index contributed by atoms with van der Waals surface area (Å²) in [7, 11) is 0. The van der Waals surface area contributed by atoms with Gasteiger partial charge < -0.3 is 15.2 Å². The molecule has 1 aliphatic carbocycles. The molecule has 0 radical (unpaired) electrons. The monoisotopic (exact) mass is 413 g/mol. The van der Waals surface area contributed by atoms with E-state index in [0.717, 1.165) is 12.8 Å². The maximum absolute atomic E-state index is 12.8. The van der Waals surface area contributed by atoms with Gasteiger partial charge >= 0.3 is 6.18 Å². The molecule has 0 spiro atoms. The summed E-state index contributed by atoms with van der Waals surface area (Å²) < 4.78 is 39.1. The first kappa shape index (κ1) is 19.9. The van der Waals surface area contributed by atoms with E-state index in [4.69, 9.17) is 11.6 Å². The Kier molecular flexibility index (Phi) is 5.46. The summed E-state index contributed by atoms with van der Waals surface area (Å²) in [5.74, 6) is -0.707. The molecule has 1 fully saturated rings. The fourth-order valence-corrected chi connectivity index (χ4v) is 2.68. The Balaban J connectivity index is 1.66. The van der Waals surface area contributed by atoms with E-state index in [-0.39, 0.29) is 11.8 Å². The van der Waals surface area contributed by atoms with Gasteiger partial charge in [0.1, 0.15) is 11.6 Å². The minimum Gasteiger partial charge on any atom is -0.326 e. The minimum atomic E-state index is -4.70. The van der Waals surface area contributed by atoms with E-state index in [1.165, 1.54) is 12.1 Å². The Hall–Kier alpha value is -2.81. The Bertz CT molecular complexity index is 967. The zero-order valence-corrected chi connectivity index (χ0v) is 15.1. The van der Waals surface area contributed by atoms with E-state index in [1.54, 1.807) is 12.1 Å². The molecule has 0 atom stereocenters. The van der Waals surface area contributed by atoms with Gasteiger partial charge in [0, 0.05) is 23.5 Å². The highest BCUT2D eigenvalue weighted by Gasteiger charge is 2.32. The number of carbonyl (C=O) groups excluding carboxylic acids is 2.